The van der Waals surface area contributed by atoms with Crippen LogP contribution in [0.15, 0.2) is 35.4 Å². The molecule has 3 nitrogen and oxygen atoms in total. The first-order chi connectivity index (χ1) is 7.29. The van der Waals surface area contributed by atoms with Gasteiger partial charge in [-0.05, 0) is 24.1 Å². The second-order valence-corrected chi connectivity index (χ2v) is 3.36. The first-order valence-electron chi connectivity index (χ1n) is 4.79. The molecule has 0 aliphatic heterocycles. The van der Waals surface area contributed by atoms with Crippen molar-refractivity contribution >= 4 is 6.08 Å². The quantitative estimate of drug-likeness (QED) is 0.764. The van der Waals surface area contributed by atoms with Crippen LogP contribution in [0, 0.1) is 6.92 Å². The van der Waals surface area contributed by atoms with Gasteiger partial charge in [0, 0.05) is 6.42 Å². The number of nitrogens with zero attached hydrogens (tertiary/aromatic N) is 2. The summed E-state index contributed by atoms with van der Waals surface area (Å²) in [5, 5.41) is 3.87. The molecule has 0 radical (unpaired) electrons. The van der Waals surface area contributed by atoms with E-state index in [1.165, 1.54) is 11.1 Å². The zero-order chi connectivity index (χ0) is 10.7. The summed E-state index contributed by atoms with van der Waals surface area (Å²) in [5.41, 5.74) is 2.45. The van der Waals surface area contributed by atoms with E-state index in [1.54, 1.807) is 6.08 Å². The summed E-state index contributed by atoms with van der Waals surface area (Å²) in [6, 6.07) is 8.17. The lowest BCUT2D eigenvalue weighted by Gasteiger charge is -2.00. The highest BCUT2D eigenvalue weighted by Crippen LogP contribution is 2.11. The molecule has 15 heavy (non-hydrogen) atoms. The standard InChI is InChI=1S/C12H12N2O/c1-3-12-13-11(14-15-12)8-10-7-5-4-6-9(10)2/h3-7H,1,8H2,2H3. The number of rotatable bonds is 3. The van der Waals surface area contributed by atoms with Crippen molar-refractivity contribution in [3.8, 4) is 0 Å². The van der Waals surface area contributed by atoms with E-state index in [-0.39, 0.29) is 0 Å². The molecule has 0 aliphatic carbocycles. The predicted octanol–water partition coefficient (Wildman–Crippen LogP) is 2.61. The van der Waals surface area contributed by atoms with Crippen molar-refractivity contribution in [2.75, 3.05) is 0 Å². The van der Waals surface area contributed by atoms with E-state index >= 15 is 0 Å². The van der Waals surface area contributed by atoms with Gasteiger partial charge in [0.15, 0.2) is 5.82 Å². The molecule has 0 saturated carbocycles. The fraction of sp³-hybridized carbons (Fsp3) is 0.167. The molecule has 0 amide bonds. The lowest BCUT2D eigenvalue weighted by Crippen LogP contribution is -1.93. The van der Waals surface area contributed by atoms with Gasteiger partial charge in [-0.2, -0.15) is 4.98 Å². The highest BCUT2D eigenvalue weighted by molar-refractivity contribution is 5.33. The molecule has 1 aromatic heterocycles. The summed E-state index contributed by atoms with van der Waals surface area (Å²) in [6.45, 7) is 5.65. The van der Waals surface area contributed by atoms with Crippen LogP contribution in [0.4, 0.5) is 0 Å². The van der Waals surface area contributed by atoms with Crippen LogP contribution in [-0.2, 0) is 6.42 Å². The van der Waals surface area contributed by atoms with E-state index in [0.717, 1.165) is 0 Å². The van der Waals surface area contributed by atoms with Gasteiger partial charge in [-0.1, -0.05) is 36.0 Å². The fourth-order valence-electron chi connectivity index (χ4n) is 1.40. The highest BCUT2D eigenvalue weighted by atomic mass is 16.5. The van der Waals surface area contributed by atoms with Crippen LogP contribution in [0.3, 0.4) is 0 Å². The Morgan fingerprint density at radius 3 is 2.87 bits per heavy atom. The third-order valence-electron chi connectivity index (χ3n) is 2.27. The Labute approximate surface area is 88.4 Å². The van der Waals surface area contributed by atoms with E-state index in [1.807, 2.05) is 12.1 Å². The Morgan fingerprint density at radius 1 is 1.40 bits per heavy atom. The topological polar surface area (TPSA) is 38.9 Å². The Morgan fingerprint density at radius 2 is 2.20 bits per heavy atom. The van der Waals surface area contributed by atoms with E-state index in [0.29, 0.717) is 18.1 Å². The number of benzene rings is 1. The second kappa shape index (κ2) is 4.09. The largest absolute Gasteiger partial charge is 0.335 e. The maximum absolute atomic E-state index is 4.95. The van der Waals surface area contributed by atoms with Gasteiger partial charge in [-0.3, -0.25) is 0 Å². The highest BCUT2D eigenvalue weighted by Gasteiger charge is 2.05. The maximum atomic E-state index is 4.95. The van der Waals surface area contributed by atoms with E-state index in [4.69, 9.17) is 4.52 Å². The van der Waals surface area contributed by atoms with Gasteiger partial charge in [-0.15, -0.1) is 0 Å². The molecule has 1 heterocycles. The van der Waals surface area contributed by atoms with Gasteiger partial charge >= 0.3 is 0 Å². The lowest BCUT2D eigenvalue weighted by molar-refractivity contribution is 0.404. The molecule has 0 fully saturated rings. The van der Waals surface area contributed by atoms with Crippen molar-refractivity contribution in [1.29, 1.82) is 0 Å². The Hall–Kier alpha value is -1.90. The van der Waals surface area contributed by atoms with Crippen molar-refractivity contribution < 1.29 is 4.52 Å². The number of hydrogen-bond donors (Lipinski definition) is 0. The maximum Gasteiger partial charge on any atom is 0.250 e. The molecular formula is C12H12N2O. The van der Waals surface area contributed by atoms with Gasteiger partial charge in [0.25, 0.3) is 0 Å². The average molecular weight is 200 g/mol. The van der Waals surface area contributed by atoms with Crippen LogP contribution in [0.5, 0.6) is 0 Å². The number of hydrogen-bond acceptors (Lipinski definition) is 3. The van der Waals surface area contributed by atoms with Gasteiger partial charge in [-0.25, -0.2) is 0 Å². The second-order valence-electron chi connectivity index (χ2n) is 3.36. The molecule has 0 unspecified atom stereocenters. The molecule has 0 bridgehead atoms. The van der Waals surface area contributed by atoms with Crippen LogP contribution in [0.25, 0.3) is 6.08 Å². The Balaban J connectivity index is 2.22. The minimum Gasteiger partial charge on any atom is -0.335 e. The van der Waals surface area contributed by atoms with Crippen LogP contribution in [0.1, 0.15) is 22.8 Å². The third-order valence-corrected chi connectivity index (χ3v) is 2.27. The summed E-state index contributed by atoms with van der Waals surface area (Å²) < 4.78 is 4.95. The normalized spacial score (nSPS) is 10.2. The van der Waals surface area contributed by atoms with Gasteiger partial charge in [0.2, 0.25) is 5.89 Å². The van der Waals surface area contributed by atoms with Crippen LogP contribution in [0.2, 0.25) is 0 Å². The van der Waals surface area contributed by atoms with Crippen molar-refractivity contribution in [2.45, 2.75) is 13.3 Å². The molecule has 0 aliphatic rings. The average Bonchev–Trinajstić information content (AvgIpc) is 2.69. The minimum atomic E-state index is 0.471. The smallest absolute Gasteiger partial charge is 0.250 e. The van der Waals surface area contributed by atoms with Crippen molar-refractivity contribution in [2.24, 2.45) is 0 Å². The van der Waals surface area contributed by atoms with E-state index in [2.05, 4.69) is 35.8 Å². The lowest BCUT2D eigenvalue weighted by atomic mass is 10.1. The fourth-order valence-corrected chi connectivity index (χ4v) is 1.40. The molecule has 76 valence electrons. The minimum absolute atomic E-state index is 0.471. The molecule has 0 N–H and O–H groups in total. The summed E-state index contributed by atoms with van der Waals surface area (Å²) in [6.07, 6.45) is 2.25. The van der Waals surface area contributed by atoms with E-state index < -0.39 is 0 Å². The molecule has 0 saturated heterocycles. The Bertz CT molecular complexity index is 474. The van der Waals surface area contributed by atoms with Crippen LogP contribution < -0.4 is 0 Å². The SMILES string of the molecule is C=Cc1nc(Cc2ccccc2C)no1. The monoisotopic (exact) mass is 200 g/mol. The van der Waals surface area contributed by atoms with Crippen molar-refractivity contribution in [1.82, 2.24) is 10.1 Å². The number of aryl methyl sites for hydroxylation is 1. The summed E-state index contributed by atoms with van der Waals surface area (Å²) >= 11 is 0. The predicted molar refractivity (Wildman–Crippen MR) is 58.4 cm³/mol. The van der Waals surface area contributed by atoms with Gasteiger partial charge in [0.1, 0.15) is 0 Å². The zero-order valence-corrected chi connectivity index (χ0v) is 8.60. The molecule has 2 aromatic rings. The summed E-state index contributed by atoms with van der Waals surface area (Å²) in [7, 11) is 0. The molecule has 0 spiro atoms. The molecule has 3 heteroatoms. The van der Waals surface area contributed by atoms with Gasteiger partial charge < -0.3 is 4.52 Å². The van der Waals surface area contributed by atoms with E-state index in [9.17, 15) is 0 Å². The molecule has 0 atom stereocenters. The zero-order valence-electron chi connectivity index (χ0n) is 8.60. The van der Waals surface area contributed by atoms with Gasteiger partial charge in [0.05, 0.1) is 0 Å². The third kappa shape index (κ3) is 2.13. The van der Waals surface area contributed by atoms with Crippen molar-refractivity contribution in [3.05, 3.63) is 53.7 Å². The summed E-state index contributed by atoms with van der Waals surface area (Å²) in [5.74, 6) is 1.16. The molecule has 2 rings (SSSR count). The van der Waals surface area contributed by atoms with Crippen molar-refractivity contribution in [3.63, 3.8) is 0 Å². The first kappa shape index (κ1) is 9.65. The van der Waals surface area contributed by atoms with Crippen LogP contribution in [-0.4, -0.2) is 10.1 Å². The molecule has 1 aromatic carbocycles. The Kier molecular flexibility index (Phi) is 2.63. The molecular weight excluding hydrogens is 188 g/mol. The summed E-state index contributed by atoms with van der Waals surface area (Å²) in [4.78, 5) is 4.17. The first-order valence-corrected chi connectivity index (χ1v) is 4.79. The number of aromatic nitrogens is 2. The van der Waals surface area contributed by atoms with Crippen LogP contribution >= 0.6 is 0 Å².